The number of aliphatic hydroxyl groups is 3. The molecule has 4 aliphatic carbocycles. The number of aromatic nitrogens is 1. The van der Waals surface area contributed by atoms with Gasteiger partial charge in [-0.2, -0.15) is 0 Å². The second-order valence-electron chi connectivity index (χ2n) is 12.6. The fourth-order valence-corrected chi connectivity index (χ4v) is 9.95. The third-order valence-electron chi connectivity index (χ3n) is 11.2. The molecule has 4 N–H and O–H groups in total. The molecule has 0 spiro atoms. The van der Waals surface area contributed by atoms with Crippen LogP contribution in [0.1, 0.15) is 78.3 Å². The molecule has 186 valence electrons. The normalized spacial score (nSPS) is 50.3. The van der Waals surface area contributed by atoms with Gasteiger partial charge in [0.25, 0.3) is 0 Å². The molecule has 1 aromatic rings. The second-order valence-corrected chi connectivity index (χ2v) is 12.6. The quantitative estimate of drug-likeness (QED) is 0.546. The number of rotatable bonds is 4. The van der Waals surface area contributed by atoms with E-state index in [1.807, 2.05) is 0 Å². The molecule has 0 radical (unpaired) electrons. The topological polar surface area (TPSA) is 107 Å². The first-order valence-corrected chi connectivity index (χ1v) is 13.3. The summed E-state index contributed by atoms with van der Waals surface area (Å²) in [5, 5.41) is 36.7. The molecule has 4 saturated carbocycles. The fourth-order valence-electron chi connectivity index (χ4n) is 9.95. The minimum absolute atomic E-state index is 0.0233. The molecule has 5 unspecified atom stereocenters. The van der Waals surface area contributed by atoms with Gasteiger partial charge in [0.15, 0.2) is 0 Å². The molecule has 1 aromatic heterocycles. The summed E-state index contributed by atoms with van der Waals surface area (Å²) in [6.45, 7) is 9.15. The first-order valence-electron chi connectivity index (χ1n) is 13.3. The van der Waals surface area contributed by atoms with E-state index in [1.165, 1.54) is 0 Å². The molecular weight excluding hydrogens is 418 g/mol. The first-order chi connectivity index (χ1) is 15.6. The molecule has 0 saturated heterocycles. The summed E-state index contributed by atoms with van der Waals surface area (Å²) >= 11 is 0. The van der Waals surface area contributed by atoms with Crippen LogP contribution in [0.25, 0.3) is 0 Å². The van der Waals surface area contributed by atoms with Crippen molar-refractivity contribution in [2.45, 2.75) is 97.4 Å². The fraction of sp³-hybridized carbons (Fsp3) is 0.889. The molecule has 1 heterocycles. The van der Waals surface area contributed by atoms with E-state index in [-0.39, 0.29) is 46.2 Å². The zero-order chi connectivity index (χ0) is 23.7. The van der Waals surface area contributed by atoms with Crippen LogP contribution in [-0.2, 0) is 6.42 Å². The Morgan fingerprint density at radius 1 is 1.15 bits per heavy atom. The molecule has 0 aliphatic heterocycles. The Kier molecular flexibility index (Phi) is 5.90. The van der Waals surface area contributed by atoms with Crippen LogP contribution in [0.3, 0.4) is 0 Å². The molecule has 4 fully saturated rings. The molecular formula is C27H43NO5. The third-order valence-corrected chi connectivity index (χ3v) is 11.2. The van der Waals surface area contributed by atoms with Gasteiger partial charge in [-0.05, 0) is 97.2 Å². The highest BCUT2D eigenvalue weighted by atomic mass is 16.5. The molecule has 5 rings (SSSR count). The molecule has 0 aromatic carbocycles. The lowest BCUT2D eigenvalue weighted by Crippen LogP contribution is -2.65. The minimum atomic E-state index is -0.423. The maximum atomic E-state index is 11.8. The predicted octanol–water partition coefficient (Wildman–Crippen LogP) is 3.74. The van der Waals surface area contributed by atoms with Crippen LogP contribution in [0.2, 0.25) is 0 Å². The van der Waals surface area contributed by atoms with E-state index in [1.54, 1.807) is 6.07 Å². The van der Waals surface area contributed by atoms with Gasteiger partial charge in [0.1, 0.15) is 0 Å². The highest BCUT2D eigenvalue weighted by molar-refractivity contribution is 5.16. The summed E-state index contributed by atoms with van der Waals surface area (Å²) in [7, 11) is 0. The molecule has 6 nitrogen and oxygen atoms in total. The largest absolute Gasteiger partial charge is 0.393 e. The highest BCUT2D eigenvalue weighted by Crippen LogP contribution is 2.69. The number of aromatic amines is 1. The van der Waals surface area contributed by atoms with Gasteiger partial charge in [-0.1, -0.05) is 34.1 Å². The lowest BCUT2D eigenvalue weighted by Gasteiger charge is -2.66. The number of H-pyrrole nitrogens is 1. The molecule has 0 bridgehead atoms. The van der Waals surface area contributed by atoms with Crippen molar-refractivity contribution in [3.05, 3.63) is 22.2 Å². The summed E-state index contributed by atoms with van der Waals surface area (Å²) in [6, 6.07) is 1.55. The van der Waals surface area contributed by atoms with E-state index in [0.29, 0.717) is 17.8 Å². The van der Waals surface area contributed by atoms with Gasteiger partial charge in [0, 0.05) is 6.07 Å². The number of nitrogens with one attached hydrogen (secondary N) is 1. The van der Waals surface area contributed by atoms with E-state index in [0.717, 1.165) is 57.1 Å². The van der Waals surface area contributed by atoms with Crippen LogP contribution < -0.4 is 5.63 Å². The van der Waals surface area contributed by atoms with Gasteiger partial charge >= 0.3 is 5.63 Å². The van der Waals surface area contributed by atoms with E-state index >= 15 is 0 Å². The Hall–Kier alpha value is -1.11. The second kappa shape index (κ2) is 8.23. The molecule has 12 atom stereocenters. The van der Waals surface area contributed by atoms with Crippen molar-refractivity contribution in [2.24, 2.45) is 52.3 Å². The van der Waals surface area contributed by atoms with Crippen LogP contribution in [0.4, 0.5) is 0 Å². The maximum Gasteiger partial charge on any atom is 0.357 e. The van der Waals surface area contributed by atoms with Crippen molar-refractivity contribution < 1.29 is 19.8 Å². The third kappa shape index (κ3) is 3.49. The van der Waals surface area contributed by atoms with Gasteiger partial charge in [-0.25, -0.2) is 9.95 Å². The van der Waals surface area contributed by atoms with Crippen LogP contribution in [-0.4, -0.2) is 38.8 Å². The summed E-state index contributed by atoms with van der Waals surface area (Å²) in [5.41, 5.74) is 0.458. The maximum absolute atomic E-state index is 11.8. The summed E-state index contributed by atoms with van der Waals surface area (Å²) in [4.78, 5) is 11.5. The van der Waals surface area contributed by atoms with Crippen LogP contribution in [0.15, 0.2) is 15.4 Å². The average Bonchev–Trinajstić information content (AvgIpc) is 3.31. The van der Waals surface area contributed by atoms with Crippen molar-refractivity contribution in [3.63, 3.8) is 0 Å². The number of hydrogen-bond donors (Lipinski definition) is 4. The average molecular weight is 462 g/mol. The van der Waals surface area contributed by atoms with Gasteiger partial charge in [0.2, 0.25) is 0 Å². The van der Waals surface area contributed by atoms with Gasteiger partial charge in [-0.15, -0.1) is 0 Å². The lowest BCUT2D eigenvalue weighted by molar-refractivity contribution is -0.235. The van der Waals surface area contributed by atoms with Crippen molar-refractivity contribution in [1.82, 2.24) is 5.16 Å². The van der Waals surface area contributed by atoms with Crippen molar-refractivity contribution >= 4 is 0 Å². The number of hydrogen-bond acceptors (Lipinski definition) is 5. The standard InChI is InChI=1S/C27H43NO5/c1-5-17-20-12-16(29)8-9-26(20,3)24-21(30)13-27(4)18(6-7-19(27)23(24)25(17)32)14(2)10-15-11-22(31)33-28-15/h11,14,16-21,23-25,28-30,32H,5-10,12-13H2,1-4H3/t14-,16-,17-,18-,19?,20+,21?,23?,24?,25?,26+,27-/m1/s1. The van der Waals surface area contributed by atoms with E-state index < -0.39 is 12.2 Å². The number of fused-ring (bicyclic) bond motifs is 5. The Morgan fingerprint density at radius 3 is 2.58 bits per heavy atom. The molecule has 4 aliphatic rings. The Balaban J connectivity index is 1.46. The predicted molar refractivity (Wildman–Crippen MR) is 125 cm³/mol. The number of aliphatic hydroxyl groups excluding tert-OH is 3. The lowest BCUT2D eigenvalue weighted by atomic mass is 9.40. The summed E-state index contributed by atoms with van der Waals surface area (Å²) in [5.74, 6) is 1.87. The van der Waals surface area contributed by atoms with Crippen LogP contribution >= 0.6 is 0 Å². The first kappa shape index (κ1) is 23.6. The summed E-state index contributed by atoms with van der Waals surface area (Å²) < 4.78 is 4.88. The zero-order valence-corrected chi connectivity index (χ0v) is 20.7. The molecule has 33 heavy (non-hydrogen) atoms. The monoisotopic (exact) mass is 461 g/mol. The van der Waals surface area contributed by atoms with Gasteiger partial charge < -0.3 is 19.8 Å². The van der Waals surface area contributed by atoms with Crippen molar-refractivity contribution in [1.29, 1.82) is 0 Å². The van der Waals surface area contributed by atoms with Crippen LogP contribution in [0, 0.1) is 52.3 Å². The zero-order valence-electron chi connectivity index (χ0n) is 20.7. The van der Waals surface area contributed by atoms with Gasteiger partial charge in [-0.3, -0.25) is 0 Å². The van der Waals surface area contributed by atoms with Crippen molar-refractivity contribution in [3.8, 4) is 0 Å². The van der Waals surface area contributed by atoms with Crippen LogP contribution in [0.5, 0.6) is 0 Å². The highest BCUT2D eigenvalue weighted by Gasteiger charge is 2.67. The Morgan fingerprint density at radius 2 is 1.91 bits per heavy atom. The van der Waals surface area contributed by atoms with Crippen molar-refractivity contribution in [2.75, 3.05) is 0 Å². The van der Waals surface area contributed by atoms with E-state index in [9.17, 15) is 20.1 Å². The molecule has 0 amide bonds. The molecule has 6 heteroatoms. The Labute approximate surface area is 197 Å². The summed E-state index contributed by atoms with van der Waals surface area (Å²) in [6.07, 6.45) is 6.05. The van der Waals surface area contributed by atoms with E-state index in [4.69, 9.17) is 4.52 Å². The SMILES string of the molecule is CC[C@H]1C(O)C2C3CC[C@H]([C@H](C)Cc4cc(=O)o[nH]4)[C@@]3(C)CC(O)C2[C@@]2(C)CC[C@@H](O)C[C@@H]12. The smallest absolute Gasteiger partial charge is 0.357 e. The Bertz CT molecular complexity index is 910. The van der Waals surface area contributed by atoms with Gasteiger partial charge in [0.05, 0.1) is 24.0 Å². The van der Waals surface area contributed by atoms with E-state index in [2.05, 4.69) is 32.9 Å². The minimum Gasteiger partial charge on any atom is -0.393 e.